The fourth-order valence-corrected chi connectivity index (χ4v) is 6.16. The van der Waals surface area contributed by atoms with Gasteiger partial charge in [0.25, 0.3) is 11.8 Å². The van der Waals surface area contributed by atoms with Crippen LogP contribution in [0.2, 0.25) is 0 Å². The molecule has 0 radical (unpaired) electrons. The average Bonchev–Trinajstić information content (AvgIpc) is 3.61. The van der Waals surface area contributed by atoms with Crippen LogP contribution in [0, 0.1) is 0 Å². The lowest BCUT2D eigenvalue weighted by Crippen LogP contribution is -2.30. The first-order valence-corrected chi connectivity index (χ1v) is 16.5. The molecule has 3 amide bonds. The number of carbonyl (C=O) groups is 4. The molecule has 10 heteroatoms. The van der Waals surface area contributed by atoms with Crippen molar-refractivity contribution in [3.05, 3.63) is 154 Å². The Morgan fingerprint density at radius 2 is 1.51 bits per heavy atom. The van der Waals surface area contributed by atoms with Crippen molar-refractivity contribution >= 4 is 64.2 Å². The molecule has 0 saturated heterocycles. The van der Waals surface area contributed by atoms with E-state index in [4.69, 9.17) is 4.74 Å². The minimum atomic E-state index is -0.633. The molecular weight excluding hydrogens is 631 g/mol. The molecule has 0 aliphatic heterocycles. The van der Waals surface area contributed by atoms with Crippen molar-refractivity contribution in [3.63, 3.8) is 0 Å². The van der Waals surface area contributed by atoms with Gasteiger partial charge in [-0.2, -0.15) is 11.3 Å². The van der Waals surface area contributed by atoms with E-state index in [1.165, 1.54) is 23.1 Å². The average molecular weight is 662 g/mol. The van der Waals surface area contributed by atoms with Crippen molar-refractivity contribution in [1.29, 1.82) is 0 Å². The molecule has 5 rings (SSSR count). The SMILES string of the molecule is CCOC(=O)c1ccc(NC(=O)C(Sc2cccc(NC(=O)/C(=C/c3ccsc3)NC(=O)c3ccccc3)c2)c2ccccc2)cc1. The second-order valence-corrected chi connectivity index (χ2v) is 12.1. The number of hydrogen-bond acceptors (Lipinski definition) is 7. The molecule has 0 saturated carbocycles. The standard InChI is InChI=1S/C37H31N3O5S2/c1-2-45-37(44)28-16-18-29(19-17-28)38-36(43)33(26-10-5-3-6-11-26)47-31-15-9-14-30(23-31)39-35(42)32(22-25-20-21-46-24-25)40-34(41)27-12-7-4-8-13-27/h3-24,33H,2H2,1H3,(H,38,43)(H,39,42)(H,40,41)/b32-22-. The van der Waals surface area contributed by atoms with E-state index >= 15 is 0 Å². The Balaban J connectivity index is 1.33. The van der Waals surface area contributed by atoms with Crippen molar-refractivity contribution < 1.29 is 23.9 Å². The van der Waals surface area contributed by atoms with Crippen LogP contribution in [0.5, 0.6) is 0 Å². The summed E-state index contributed by atoms with van der Waals surface area (Å²) in [6, 6.07) is 33.6. The molecule has 8 nitrogen and oxygen atoms in total. The second kappa shape index (κ2) is 16.2. The molecule has 1 heterocycles. The summed E-state index contributed by atoms with van der Waals surface area (Å²) in [6.45, 7) is 2.01. The molecule has 0 fully saturated rings. The summed E-state index contributed by atoms with van der Waals surface area (Å²) in [5, 5.41) is 11.7. The van der Waals surface area contributed by atoms with Gasteiger partial charge in [0.15, 0.2) is 0 Å². The van der Waals surface area contributed by atoms with Gasteiger partial charge in [-0.3, -0.25) is 14.4 Å². The molecule has 5 aromatic rings. The molecule has 0 bridgehead atoms. The van der Waals surface area contributed by atoms with E-state index in [1.54, 1.807) is 79.7 Å². The van der Waals surface area contributed by atoms with E-state index in [0.29, 0.717) is 22.5 Å². The number of thioether (sulfide) groups is 1. The van der Waals surface area contributed by atoms with E-state index in [1.807, 2.05) is 59.3 Å². The second-order valence-electron chi connectivity index (χ2n) is 10.1. The molecule has 4 aromatic carbocycles. The Hall–Kier alpha value is -5.45. The summed E-state index contributed by atoms with van der Waals surface area (Å²) in [5.41, 5.74) is 3.51. The maximum Gasteiger partial charge on any atom is 0.338 e. The van der Waals surface area contributed by atoms with E-state index in [9.17, 15) is 19.2 Å². The highest BCUT2D eigenvalue weighted by atomic mass is 32.2. The maximum atomic E-state index is 13.6. The number of anilines is 2. The van der Waals surface area contributed by atoms with Crippen LogP contribution < -0.4 is 16.0 Å². The fraction of sp³-hybridized carbons (Fsp3) is 0.0811. The highest BCUT2D eigenvalue weighted by Gasteiger charge is 2.23. The normalized spacial score (nSPS) is 11.6. The van der Waals surface area contributed by atoms with Gasteiger partial charge in [0.1, 0.15) is 10.9 Å². The number of amides is 3. The molecule has 0 aliphatic rings. The molecule has 47 heavy (non-hydrogen) atoms. The van der Waals surface area contributed by atoms with Crippen molar-refractivity contribution in [2.75, 3.05) is 17.2 Å². The highest BCUT2D eigenvalue weighted by Crippen LogP contribution is 2.37. The number of rotatable bonds is 12. The van der Waals surface area contributed by atoms with Gasteiger partial charge < -0.3 is 20.7 Å². The van der Waals surface area contributed by atoms with Gasteiger partial charge in [-0.25, -0.2) is 4.79 Å². The molecule has 3 N–H and O–H groups in total. The number of benzene rings is 4. The third kappa shape index (κ3) is 9.29. The number of carbonyl (C=O) groups excluding carboxylic acids is 4. The third-order valence-electron chi connectivity index (χ3n) is 6.73. The summed E-state index contributed by atoms with van der Waals surface area (Å²) >= 11 is 2.81. The van der Waals surface area contributed by atoms with Crippen LogP contribution in [-0.2, 0) is 14.3 Å². The van der Waals surface area contributed by atoms with Crippen LogP contribution in [0.25, 0.3) is 6.08 Å². The van der Waals surface area contributed by atoms with Gasteiger partial charge in [-0.1, -0.05) is 54.6 Å². The molecule has 1 atom stereocenters. The molecular formula is C37H31N3O5S2. The number of esters is 1. The number of ether oxygens (including phenoxy) is 1. The van der Waals surface area contributed by atoms with Crippen LogP contribution in [0.15, 0.2) is 137 Å². The third-order valence-corrected chi connectivity index (χ3v) is 8.68. The van der Waals surface area contributed by atoms with Crippen LogP contribution in [0.3, 0.4) is 0 Å². The van der Waals surface area contributed by atoms with Gasteiger partial charge in [0.2, 0.25) is 5.91 Å². The summed E-state index contributed by atoms with van der Waals surface area (Å²) in [4.78, 5) is 52.8. The highest BCUT2D eigenvalue weighted by molar-refractivity contribution is 8.00. The van der Waals surface area contributed by atoms with E-state index in [-0.39, 0.29) is 18.2 Å². The Kier molecular flexibility index (Phi) is 11.4. The van der Waals surface area contributed by atoms with Crippen molar-refractivity contribution in [2.45, 2.75) is 17.1 Å². The largest absolute Gasteiger partial charge is 0.462 e. The summed E-state index contributed by atoms with van der Waals surface area (Å²) in [5.74, 6) is -1.59. The zero-order valence-electron chi connectivity index (χ0n) is 25.3. The van der Waals surface area contributed by atoms with Crippen molar-refractivity contribution in [3.8, 4) is 0 Å². The molecule has 0 aliphatic carbocycles. The van der Waals surface area contributed by atoms with Crippen LogP contribution in [-0.4, -0.2) is 30.3 Å². The van der Waals surface area contributed by atoms with Gasteiger partial charge >= 0.3 is 5.97 Å². The lowest BCUT2D eigenvalue weighted by atomic mass is 10.1. The first-order valence-electron chi connectivity index (χ1n) is 14.7. The van der Waals surface area contributed by atoms with E-state index in [2.05, 4.69) is 16.0 Å². The zero-order chi connectivity index (χ0) is 33.0. The monoisotopic (exact) mass is 661 g/mol. The number of nitrogens with one attached hydrogen (secondary N) is 3. The number of thiophene rings is 1. The fourth-order valence-electron chi connectivity index (χ4n) is 4.46. The van der Waals surface area contributed by atoms with Gasteiger partial charge in [0, 0.05) is 21.8 Å². The first-order chi connectivity index (χ1) is 22.9. The topological polar surface area (TPSA) is 114 Å². The zero-order valence-corrected chi connectivity index (χ0v) is 27.0. The van der Waals surface area contributed by atoms with Crippen molar-refractivity contribution in [1.82, 2.24) is 5.32 Å². The smallest absolute Gasteiger partial charge is 0.338 e. The predicted molar refractivity (Wildman–Crippen MR) is 187 cm³/mol. The first kappa shape index (κ1) is 32.9. The van der Waals surface area contributed by atoms with Gasteiger partial charge in [-0.15, -0.1) is 11.8 Å². The van der Waals surface area contributed by atoms with Gasteiger partial charge in [-0.05, 0) is 95.6 Å². The minimum Gasteiger partial charge on any atom is -0.462 e. The van der Waals surface area contributed by atoms with E-state index < -0.39 is 23.0 Å². The Morgan fingerprint density at radius 1 is 0.787 bits per heavy atom. The Bertz CT molecular complexity index is 1860. The summed E-state index contributed by atoms with van der Waals surface area (Å²) < 4.78 is 5.04. The Labute approximate surface area is 280 Å². The van der Waals surface area contributed by atoms with E-state index in [0.717, 1.165) is 16.0 Å². The maximum absolute atomic E-state index is 13.6. The molecule has 0 spiro atoms. The molecule has 1 unspecified atom stereocenters. The number of hydrogen-bond donors (Lipinski definition) is 3. The van der Waals surface area contributed by atoms with Crippen LogP contribution in [0.1, 0.15) is 44.0 Å². The van der Waals surface area contributed by atoms with Crippen LogP contribution in [0.4, 0.5) is 11.4 Å². The quantitative estimate of drug-likeness (QED) is 0.0714. The predicted octanol–water partition coefficient (Wildman–Crippen LogP) is 7.81. The summed E-state index contributed by atoms with van der Waals surface area (Å²) in [6.07, 6.45) is 1.63. The molecule has 1 aromatic heterocycles. The molecule has 236 valence electrons. The lowest BCUT2D eigenvalue weighted by molar-refractivity contribution is -0.116. The van der Waals surface area contributed by atoms with Gasteiger partial charge in [0.05, 0.1) is 12.2 Å². The lowest BCUT2D eigenvalue weighted by Gasteiger charge is -2.18. The summed E-state index contributed by atoms with van der Waals surface area (Å²) in [7, 11) is 0. The minimum absolute atomic E-state index is 0.0887. The Morgan fingerprint density at radius 3 is 2.19 bits per heavy atom. The van der Waals surface area contributed by atoms with Crippen molar-refractivity contribution in [2.24, 2.45) is 0 Å². The van der Waals surface area contributed by atoms with Crippen LogP contribution >= 0.6 is 23.1 Å².